The molecule has 18 heavy (non-hydrogen) atoms. The van der Waals surface area contributed by atoms with Gasteiger partial charge in [-0.25, -0.2) is 0 Å². The molecule has 0 saturated heterocycles. The second-order valence-electron chi connectivity index (χ2n) is 4.00. The molecule has 0 fully saturated rings. The van der Waals surface area contributed by atoms with Gasteiger partial charge in [0.2, 0.25) is 0 Å². The minimum Gasteiger partial charge on any atom is -0.326 e. The van der Waals surface area contributed by atoms with Crippen LogP contribution < -0.4 is 5.73 Å². The third kappa shape index (κ3) is 3.14. The van der Waals surface area contributed by atoms with E-state index in [4.69, 9.17) is 5.73 Å². The maximum absolute atomic E-state index is 6.24. The zero-order chi connectivity index (χ0) is 13.1. The summed E-state index contributed by atoms with van der Waals surface area (Å²) in [5.74, 6) is 0. The number of nitrogens with two attached hydrogens (primary N) is 1. The van der Waals surface area contributed by atoms with Gasteiger partial charge >= 0.3 is 0 Å². The van der Waals surface area contributed by atoms with Crippen molar-refractivity contribution < 1.29 is 0 Å². The lowest BCUT2D eigenvalue weighted by atomic mass is 10.1. The number of aromatic nitrogens is 3. The topological polar surface area (TPSA) is 56.7 Å². The Kier molecular flexibility index (Phi) is 4.83. The van der Waals surface area contributed by atoms with Gasteiger partial charge in [0.15, 0.2) is 5.16 Å². The number of aryl methyl sites for hydroxylation is 1. The average molecular weight is 347 g/mol. The van der Waals surface area contributed by atoms with Crippen LogP contribution in [-0.4, -0.2) is 20.8 Å². The predicted octanol–water partition coefficient (Wildman–Crippen LogP) is 3.21. The summed E-state index contributed by atoms with van der Waals surface area (Å²) in [4.78, 5) is 1.27. The summed E-state index contributed by atoms with van der Waals surface area (Å²) in [6.07, 6.45) is 2.65. The highest BCUT2D eigenvalue weighted by Crippen LogP contribution is 2.40. The fraction of sp³-hybridized carbons (Fsp3) is 0.455. The molecule has 0 saturated carbocycles. The Bertz CT molecular complexity index is 511. The van der Waals surface area contributed by atoms with Crippen molar-refractivity contribution in [3.05, 3.63) is 27.1 Å². The van der Waals surface area contributed by atoms with Crippen molar-refractivity contribution in [2.24, 2.45) is 12.8 Å². The predicted molar refractivity (Wildman–Crippen MR) is 79.9 cm³/mol. The van der Waals surface area contributed by atoms with E-state index in [0.29, 0.717) is 0 Å². The van der Waals surface area contributed by atoms with Crippen molar-refractivity contribution in [1.82, 2.24) is 14.8 Å². The molecule has 2 heterocycles. The van der Waals surface area contributed by atoms with Gasteiger partial charge in [-0.1, -0.05) is 18.7 Å². The van der Waals surface area contributed by atoms with Gasteiger partial charge in [-0.05, 0) is 28.4 Å². The first kappa shape index (κ1) is 14.0. The monoisotopic (exact) mass is 346 g/mol. The standard InChI is InChI=1S/C11H15BrN4S2/c1-3-8(13)10(9-4-7(12)5-17-9)18-11-15-14-6-16(11)2/h4-6,8,10H,3,13H2,1-2H3. The maximum atomic E-state index is 6.24. The van der Waals surface area contributed by atoms with Crippen LogP contribution in [-0.2, 0) is 7.05 Å². The van der Waals surface area contributed by atoms with Gasteiger partial charge in [0.05, 0.1) is 5.25 Å². The van der Waals surface area contributed by atoms with E-state index in [1.807, 2.05) is 11.6 Å². The summed E-state index contributed by atoms with van der Waals surface area (Å²) < 4.78 is 3.03. The summed E-state index contributed by atoms with van der Waals surface area (Å²) in [5, 5.41) is 11.2. The highest BCUT2D eigenvalue weighted by atomic mass is 79.9. The Balaban J connectivity index is 2.23. The molecule has 2 aromatic heterocycles. The normalized spacial score (nSPS) is 14.7. The highest BCUT2D eigenvalue weighted by molar-refractivity contribution is 9.10. The second kappa shape index (κ2) is 6.18. The summed E-state index contributed by atoms with van der Waals surface area (Å²) >= 11 is 6.89. The molecule has 7 heteroatoms. The molecule has 98 valence electrons. The minimum atomic E-state index is 0.109. The lowest BCUT2D eigenvalue weighted by Gasteiger charge is -2.20. The van der Waals surface area contributed by atoms with E-state index in [-0.39, 0.29) is 11.3 Å². The van der Waals surface area contributed by atoms with Crippen molar-refractivity contribution in [3.8, 4) is 0 Å². The molecule has 0 radical (unpaired) electrons. The number of halogens is 1. The van der Waals surface area contributed by atoms with E-state index >= 15 is 0 Å². The van der Waals surface area contributed by atoms with Gasteiger partial charge in [0, 0.05) is 27.8 Å². The van der Waals surface area contributed by atoms with E-state index < -0.39 is 0 Å². The van der Waals surface area contributed by atoms with Gasteiger partial charge in [-0.3, -0.25) is 0 Å². The van der Waals surface area contributed by atoms with Crippen LogP contribution in [0.25, 0.3) is 0 Å². The van der Waals surface area contributed by atoms with E-state index in [2.05, 4.69) is 44.5 Å². The lowest BCUT2D eigenvalue weighted by Crippen LogP contribution is -2.25. The molecule has 0 aliphatic carbocycles. The quantitative estimate of drug-likeness (QED) is 0.844. The Labute approximate surface area is 123 Å². The van der Waals surface area contributed by atoms with Crippen LogP contribution >= 0.6 is 39.0 Å². The molecule has 0 amide bonds. The third-order valence-electron chi connectivity index (χ3n) is 2.63. The molecule has 4 nitrogen and oxygen atoms in total. The van der Waals surface area contributed by atoms with Crippen LogP contribution in [0.5, 0.6) is 0 Å². The molecule has 0 aromatic carbocycles. The van der Waals surface area contributed by atoms with Crippen LogP contribution in [0.3, 0.4) is 0 Å². The molecular formula is C11H15BrN4S2. The van der Waals surface area contributed by atoms with Crippen molar-refractivity contribution in [2.45, 2.75) is 29.8 Å². The SMILES string of the molecule is CCC(N)C(Sc1nncn1C)c1cc(Br)cs1. The van der Waals surface area contributed by atoms with E-state index in [9.17, 15) is 0 Å². The molecule has 2 N–H and O–H groups in total. The zero-order valence-corrected chi connectivity index (χ0v) is 13.4. The molecule has 0 aliphatic rings. The lowest BCUT2D eigenvalue weighted by molar-refractivity contribution is 0.635. The van der Waals surface area contributed by atoms with Gasteiger partial charge in [-0.2, -0.15) is 0 Å². The van der Waals surface area contributed by atoms with Crippen LogP contribution in [0.4, 0.5) is 0 Å². The van der Waals surface area contributed by atoms with Crippen LogP contribution in [0, 0.1) is 0 Å². The van der Waals surface area contributed by atoms with Gasteiger partial charge in [-0.15, -0.1) is 21.5 Å². The first-order valence-corrected chi connectivity index (χ1v) is 8.17. The molecular weight excluding hydrogens is 332 g/mol. The number of rotatable bonds is 5. The minimum absolute atomic E-state index is 0.109. The van der Waals surface area contributed by atoms with E-state index in [1.54, 1.807) is 29.4 Å². The molecule has 2 rings (SSSR count). The Morgan fingerprint density at radius 2 is 2.39 bits per heavy atom. The Morgan fingerprint density at radius 1 is 1.61 bits per heavy atom. The van der Waals surface area contributed by atoms with Crippen LogP contribution in [0.15, 0.2) is 27.4 Å². The van der Waals surface area contributed by atoms with E-state index in [0.717, 1.165) is 16.0 Å². The smallest absolute Gasteiger partial charge is 0.191 e. The van der Waals surface area contributed by atoms with Crippen molar-refractivity contribution in [2.75, 3.05) is 0 Å². The number of hydrogen-bond acceptors (Lipinski definition) is 5. The molecule has 0 spiro atoms. The maximum Gasteiger partial charge on any atom is 0.191 e. The summed E-state index contributed by atoms with van der Waals surface area (Å²) in [6, 6.07) is 2.24. The number of hydrogen-bond donors (Lipinski definition) is 1. The van der Waals surface area contributed by atoms with Gasteiger partial charge in [0.25, 0.3) is 0 Å². The summed E-state index contributed by atoms with van der Waals surface area (Å²) in [7, 11) is 1.95. The Morgan fingerprint density at radius 3 is 2.89 bits per heavy atom. The first-order valence-electron chi connectivity index (χ1n) is 5.62. The van der Waals surface area contributed by atoms with Crippen molar-refractivity contribution >= 4 is 39.0 Å². The average Bonchev–Trinajstić information content (AvgIpc) is 2.94. The molecule has 0 aliphatic heterocycles. The molecule has 0 bridgehead atoms. The fourth-order valence-electron chi connectivity index (χ4n) is 1.54. The summed E-state index contributed by atoms with van der Waals surface area (Å²) in [5.41, 5.74) is 6.24. The van der Waals surface area contributed by atoms with E-state index in [1.165, 1.54) is 4.88 Å². The number of nitrogens with zero attached hydrogens (tertiary/aromatic N) is 3. The van der Waals surface area contributed by atoms with Crippen molar-refractivity contribution in [3.63, 3.8) is 0 Å². The van der Waals surface area contributed by atoms with Gasteiger partial charge < -0.3 is 10.3 Å². The molecule has 2 unspecified atom stereocenters. The second-order valence-corrected chi connectivity index (χ2v) is 6.97. The van der Waals surface area contributed by atoms with Crippen LogP contribution in [0.2, 0.25) is 0 Å². The number of thioether (sulfide) groups is 1. The third-order valence-corrected chi connectivity index (χ3v) is 5.99. The largest absolute Gasteiger partial charge is 0.326 e. The van der Waals surface area contributed by atoms with Crippen LogP contribution in [0.1, 0.15) is 23.5 Å². The Hall–Kier alpha value is -0.370. The zero-order valence-electron chi connectivity index (χ0n) is 10.2. The summed E-state index contributed by atoms with van der Waals surface area (Å²) in [6.45, 7) is 2.11. The fourth-order valence-corrected chi connectivity index (χ4v) is 4.44. The molecule has 2 atom stereocenters. The first-order chi connectivity index (χ1) is 8.61. The highest BCUT2D eigenvalue weighted by Gasteiger charge is 2.23. The number of thiophene rings is 1. The van der Waals surface area contributed by atoms with Crippen molar-refractivity contribution in [1.29, 1.82) is 0 Å². The van der Waals surface area contributed by atoms with Gasteiger partial charge in [0.1, 0.15) is 6.33 Å². The molecule has 2 aromatic rings.